The number of amidine groups is 1. The fraction of sp³-hybridized carbons (Fsp3) is 0.400. The maximum atomic E-state index is 8.92. The van der Waals surface area contributed by atoms with Gasteiger partial charge in [0.05, 0.1) is 11.6 Å². The normalized spacial score (nSPS) is 10.2. The summed E-state index contributed by atoms with van der Waals surface area (Å²) < 4.78 is 0. The van der Waals surface area contributed by atoms with Gasteiger partial charge >= 0.3 is 0 Å². The first-order chi connectivity index (χ1) is 7.61. The van der Waals surface area contributed by atoms with E-state index in [1.54, 1.807) is 12.3 Å². The van der Waals surface area contributed by atoms with Crippen LogP contribution >= 0.6 is 11.6 Å². The quantitative estimate of drug-likeness (QED) is 0.528. The second-order valence-corrected chi connectivity index (χ2v) is 3.59. The molecule has 0 aliphatic carbocycles. The molecule has 0 bridgehead atoms. The van der Waals surface area contributed by atoms with Gasteiger partial charge in [-0.25, -0.2) is 4.98 Å². The first-order valence-corrected chi connectivity index (χ1v) is 5.34. The van der Waals surface area contributed by atoms with E-state index in [1.165, 1.54) is 0 Å². The molecule has 1 heterocycles. The van der Waals surface area contributed by atoms with Crippen LogP contribution in [0.3, 0.4) is 0 Å². The van der Waals surface area contributed by atoms with Gasteiger partial charge in [0.25, 0.3) is 0 Å². The predicted octanol–water partition coefficient (Wildman–Crippen LogP) is 0.838. The summed E-state index contributed by atoms with van der Waals surface area (Å²) in [6.07, 6.45) is 1.55. The summed E-state index contributed by atoms with van der Waals surface area (Å²) in [5.74, 6) is 0.458. The maximum absolute atomic E-state index is 8.92. The molecular weight excluding hydrogens is 228 g/mol. The molecule has 0 atom stereocenters. The number of nitrogens with zero attached hydrogens (tertiary/aromatic N) is 2. The molecule has 4 N–H and O–H groups in total. The number of nitrogens with one attached hydrogen (secondary N) is 1. The molecule has 16 heavy (non-hydrogen) atoms. The molecule has 0 spiro atoms. The van der Waals surface area contributed by atoms with E-state index < -0.39 is 0 Å². The van der Waals surface area contributed by atoms with Crippen LogP contribution in [0.2, 0.25) is 5.02 Å². The summed E-state index contributed by atoms with van der Waals surface area (Å²) in [5.41, 5.74) is 5.86. The third-order valence-corrected chi connectivity index (χ3v) is 2.58. The van der Waals surface area contributed by atoms with Crippen molar-refractivity contribution in [3.63, 3.8) is 0 Å². The summed E-state index contributed by atoms with van der Waals surface area (Å²) in [6, 6.07) is 1.60. The topological polar surface area (TPSA) is 86.2 Å². The van der Waals surface area contributed by atoms with Crippen LogP contribution in [0.25, 0.3) is 0 Å². The van der Waals surface area contributed by atoms with Gasteiger partial charge in [0.15, 0.2) is 0 Å². The lowest BCUT2D eigenvalue weighted by Gasteiger charge is -2.22. The molecule has 1 rings (SSSR count). The van der Waals surface area contributed by atoms with Gasteiger partial charge in [-0.05, 0) is 13.0 Å². The predicted molar refractivity (Wildman–Crippen MR) is 65.2 cm³/mol. The van der Waals surface area contributed by atoms with Crippen LogP contribution in [0.4, 0.5) is 5.82 Å². The highest BCUT2D eigenvalue weighted by molar-refractivity contribution is 6.36. The molecule has 0 amide bonds. The Kier molecular flexibility index (Phi) is 4.52. The number of anilines is 1. The molecule has 88 valence electrons. The minimum atomic E-state index is -0.0892. The van der Waals surface area contributed by atoms with E-state index >= 15 is 0 Å². The number of aliphatic hydroxyl groups is 1. The Hall–Kier alpha value is -1.33. The van der Waals surface area contributed by atoms with E-state index in [1.807, 2.05) is 11.8 Å². The number of rotatable bonds is 5. The van der Waals surface area contributed by atoms with Crippen molar-refractivity contribution in [2.24, 2.45) is 5.73 Å². The molecule has 1 aromatic rings. The van der Waals surface area contributed by atoms with Gasteiger partial charge in [-0.1, -0.05) is 11.6 Å². The molecule has 0 aliphatic rings. The zero-order chi connectivity index (χ0) is 12.1. The Morgan fingerprint density at radius 2 is 2.38 bits per heavy atom. The smallest absolute Gasteiger partial charge is 0.148 e. The number of hydrogen-bond donors (Lipinski definition) is 3. The Labute approximate surface area is 99.4 Å². The lowest BCUT2D eigenvalue weighted by Crippen LogP contribution is -2.28. The average Bonchev–Trinajstić information content (AvgIpc) is 2.26. The summed E-state index contributed by atoms with van der Waals surface area (Å²) in [6.45, 7) is 3.09. The number of pyridine rings is 1. The summed E-state index contributed by atoms with van der Waals surface area (Å²) in [7, 11) is 0. The van der Waals surface area contributed by atoms with Crippen molar-refractivity contribution >= 4 is 23.3 Å². The highest BCUT2D eigenvalue weighted by Crippen LogP contribution is 2.26. The van der Waals surface area contributed by atoms with Gasteiger partial charge in [0.1, 0.15) is 11.7 Å². The standard InChI is InChI=1S/C10H15ClN4O/c1-2-15(5-6-16)10-8(11)7(9(12)13)3-4-14-10/h3-4,16H,2,5-6H2,1H3,(H3,12,13). The van der Waals surface area contributed by atoms with E-state index in [2.05, 4.69) is 4.98 Å². The van der Waals surface area contributed by atoms with Gasteiger partial charge in [0.2, 0.25) is 0 Å². The van der Waals surface area contributed by atoms with Crippen LogP contribution in [0.15, 0.2) is 12.3 Å². The van der Waals surface area contributed by atoms with Crippen molar-refractivity contribution < 1.29 is 5.11 Å². The van der Waals surface area contributed by atoms with Crippen molar-refractivity contribution in [2.75, 3.05) is 24.6 Å². The lowest BCUT2D eigenvalue weighted by molar-refractivity contribution is 0.302. The zero-order valence-electron chi connectivity index (χ0n) is 9.07. The minimum Gasteiger partial charge on any atom is -0.395 e. The first kappa shape index (κ1) is 12.7. The van der Waals surface area contributed by atoms with Crippen molar-refractivity contribution in [3.8, 4) is 0 Å². The van der Waals surface area contributed by atoms with Crippen LogP contribution in [0, 0.1) is 5.41 Å². The van der Waals surface area contributed by atoms with Crippen molar-refractivity contribution in [3.05, 3.63) is 22.8 Å². The second-order valence-electron chi connectivity index (χ2n) is 3.21. The number of nitrogen functional groups attached to an aromatic ring is 1. The van der Waals surface area contributed by atoms with Gasteiger partial charge in [-0.2, -0.15) is 0 Å². The molecule has 0 aromatic carbocycles. The van der Waals surface area contributed by atoms with E-state index in [0.717, 1.165) is 0 Å². The first-order valence-electron chi connectivity index (χ1n) is 4.96. The number of hydrogen-bond acceptors (Lipinski definition) is 4. The largest absolute Gasteiger partial charge is 0.395 e. The van der Waals surface area contributed by atoms with Crippen molar-refractivity contribution in [2.45, 2.75) is 6.92 Å². The molecule has 6 heteroatoms. The molecule has 0 unspecified atom stereocenters. The summed E-state index contributed by atoms with van der Waals surface area (Å²) in [5, 5.41) is 16.6. The van der Waals surface area contributed by atoms with E-state index in [0.29, 0.717) is 29.5 Å². The van der Waals surface area contributed by atoms with Crippen LogP contribution < -0.4 is 10.6 Å². The monoisotopic (exact) mass is 242 g/mol. The number of halogens is 1. The molecular formula is C10H15ClN4O. The SMILES string of the molecule is CCN(CCO)c1nccc(C(=N)N)c1Cl. The summed E-state index contributed by atoms with van der Waals surface area (Å²) in [4.78, 5) is 5.97. The zero-order valence-corrected chi connectivity index (χ0v) is 9.83. The average molecular weight is 243 g/mol. The number of nitrogens with two attached hydrogens (primary N) is 1. The van der Waals surface area contributed by atoms with Gasteiger partial charge in [-0.3, -0.25) is 5.41 Å². The Morgan fingerprint density at radius 1 is 1.69 bits per heavy atom. The fourth-order valence-electron chi connectivity index (χ4n) is 1.40. The van der Waals surface area contributed by atoms with E-state index in [4.69, 9.17) is 27.9 Å². The second kappa shape index (κ2) is 5.67. The third-order valence-electron chi connectivity index (χ3n) is 2.21. The number of aliphatic hydroxyl groups excluding tert-OH is 1. The van der Waals surface area contributed by atoms with Crippen LogP contribution in [0.1, 0.15) is 12.5 Å². The molecule has 0 saturated carbocycles. The Bertz CT molecular complexity index is 383. The lowest BCUT2D eigenvalue weighted by atomic mass is 10.2. The summed E-state index contributed by atoms with van der Waals surface area (Å²) >= 11 is 6.11. The molecule has 0 aliphatic heterocycles. The van der Waals surface area contributed by atoms with E-state index in [-0.39, 0.29) is 12.4 Å². The van der Waals surface area contributed by atoms with Gasteiger partial charge in [-0.15, -0.1) is 0 Å². The molecule has 0 fully saturated rings. The van der Waals surface area contributed by atoms with Crippen molar-refractivity contribution in [1.29, 1.82) is 5.41 Å². The fourth-order valence-corrected chi connectivity index (χ4v) is 1.73. The van der Waals surface area contributed by atoms with Crippen molar-refractivity contribution in [1.82, 2.24) is 4.98 Å². The molecule has 0 radical (unpaired) electrons. The molecule has 1 aromatic heterocycles. The Balaban J connectivity index is 3.12. The minimum absolute atomic E-state index is 0.0240. The molecule has 0 saturated heterocycles. The highest BCUT2D eigenvalue weighted by atomic mass is 35.5. The van der Waals surface area contributed by atoms with Crippen LogP contribution in [-0.2, 0) is 0 Å². The third kappa shape index (κ3) is 2.62. The van der Waals surface area contributed by atoms with E-state index in [9.17, 15) is 0 Å². The van der Waals surface area contributed by atoms with Crippen LogP contribution in [-0.4, -0.2) is 35.6 Å². The van der Waals surface area contributed by atoms with Gasteiger partial charge < -0.3 is 15.7 Å². The maximum Gasteiger partial charge on any atom is 0.148 e. The Morgan fingerprint density at radius 3 is 2.88 bits per heavy atom. The number of aromatic nitrogens is 1. The number of likely N-dealkylation sites (N-methyl/N-ethyl adjacent to an activating group) is 1. The highest BCUT2D eigenvalue weighted by Gasteiger charge is 2.14. The van der Waals surface area contributed by atoms with Crippen LogP contribution in [0.5, 0.6) is 0 Å². The van der Waals surface area contributed by atoms with Gasteiger partial charge in [0, 0.05) is 24.8 Å². The molecule has 5 nitrogen and oxygen atoms in total.